The molecule has 0 aliphatic carbocycles. The minimum atomic E-state index is -0.600. The molecular formula is C20H16N2O4. The molecule has 1 aliphatic rings. The molecule has 0 amide bonds. The van der Waals surface area contributed by atoms with E-state index in [-0.39, 0.29) is 11.8 Å². The van der Waals surface area contributed by atoms with Gasteiger partial charge < -0.3 is 9.47 Å². The molecule has 26 heavy (non-hydrogen) atoms. The van der Waals surface area contributed by atoms with Crippen molar-refractivity contribution in [2.45, 2.75) is 5.92 Å². The van der Waals surface area contributed by atoms with Gasteiger partial charge in [-0.15, -0.1) is 0 Å². The molecule has 130 valence electrons. The number of aromatic nitrogens is 2. The van der Waals surface area contributed by atoms with E-state index in [1.165, 1.54) is 0 Å². The number of hydrogen-bond donors (Lipinski definition) is 2. The summed E-state index contributed by atoms with van der Waals surface area (Å²) in [6.07, 6.45) is 1.88. The van der Waals surface area contributed by atoms with Crippen molar-refractivity contribution >= 4 is 5.76 Å². The van der Waals surface area contributed by atoms with Crippen LogP contribution in [0, 0.1) is 0 Å². The Morgan fingerprint density at radius 2 is 1.69 bits per heavy atom. The number of aromatic amines is 2. The average molecular weight is 348 g/mol. The van der Waals surface area contributed by atoms with Crippen LogP contribution in [0.25, 0.3) is 5.76 Å². The highest BCUT2D eigenvalue weighted by Gasteiger charge is 2.28. The number of hydrogen-bond acceptors (Lipinski definition) is 4. The summed E-state index contributed by atoms with van der Waals surface area (Å²) < 4.78 is 11.0. The fraction of sp³-hybridized carbons (Fsp3) is 0.100. The molecule has 0 saturated carbocycles. The second-order valence-corrected chi connectivity index (χ2v) is 5.90. The highest BCUT2D eigenvalue weighted by Crippen LogP contribution is 2.37. The van der Waals surface area contributed by atoms with E-state index in [2.05, 4.69) is 9.97 Å². The van der Waals surface area contributed by atoms with Crippen molar-refractivity contribution in [2.75, 3.05) is 7.11 Å². The number of rotatable bonds is 3. The average Bonchev–Trinajstić information content (AvgIpc) is 2.67. The molecule has 0 spiro atoms. The van der Waals surface area contributed by atoms with Gasteiger partial charge in [-0.1, -0.05) is 30.3 Å². The summed E-state index contributed by atoms with van der Waals surface area (Å²) >= 11 is 0. The van der Waals surface area contributed by atoms with Gasteiger partial charge in [0.25, 0.3) is 5.56 Å². The third kappa shape index (κ3) is 2.82. The molecule has 1 aliphatic heterocycles. The molecular weight excluding hydrogens is 332 g/mol. The second-order valence-electron chi connectivity index (χ2n) is 5.90. The number of methoxy groups -OCH3 is 1. The molecule has 3 aromatic rings. The molecule has 0 bridgehead atoms. The molecule has 4 rings (SSSR count). The second kappa shape index (κ2) is 6.40. The van der Waals surface area contributed by atoms with Gasteiger partial charge in [-0.3, -0.25) is 14.8 Å². The molecule has 1 atom stereocenters. The highest BCUT2D eigenvalue weighted by molar-refractivity contribution is 5.67. The van der Waals surface area contributed by atoms with Gasteiger partial charge in [0, 0.05) is 11.5 Å². The van der Waals surface area contributed by atoms with E-state index >= 15 is 0 Å². The Morgan fingerprint density at radius 3 is 2.38 bits per heavy atom. The highest BCUT2D eigenvalue weighted by atomic mass is 16.5. The smallest absolute Gasteiger partial charge is 0.328 e. The first-order valence-electron chi connectivity index (χ1n) is 8.11. The van der Waals surface area contributed by atoms with E-state index in [1.54, 1.807) is 7.11 Å². The maximum absolute atomic E-state index is 12.4. The van der Waals surface area contributed by atoms with E-state index < -0.39 is 11.2 Å². The lowest BCUT2D eigenvalue weighted by Gasteiger charge is -2.24. The summed E-state index contributed by atoms with van der Waals surface area (Å²) in [6.45, 7) is 0. The van der Waals surface area contributed by atoms with E-state index in [9.17, 15) is 9.59 Å². The lowest BCUT2D eigenvalue weighted by Crippen LogP contribution is -2.30. The van der Waals surface area contributed by atoms with Crippen LogP contribution in [-0.4, -0.2) is 17.1 Å². The van der Waals surface area contributed by atoms with Crippen molar-refractivity contribution in [2.24, 2.45) is 0 Å². The normalized spacial score (nSPS) is 15.6. The van der Waals surface area contributed by atoms with Crippen LogP contribution in [0.5, 0.6) is 11.6 Å². The predicted octanol–water partition coefficient (Wildman–Crippen LogP) is 2.64. The van der Waals surface area contributed by atoms with Crippen molar-refractivity contribution in [3.8, 4) is 11.6 Å². The van der Waals surface area contributed by atoms with Gasteiger partial charge in [0.05, 0.1) is 12.7 Å². The fourth-order valence-corrected chi connectivity index (χ4v) is 3.05. The van der Waals surface area contributed by atoms with Gasteiger partial charge in [-0.25, -0.2) is 4.79 Å². The molecule has 0 fully saturated rings. The fourth-order valence-electron chi connectivity index (χ4n) is 3.05. The van der Waals surface area contributed by atoms with Crippen LogP contribution < -0.4 is 20.7 Å². The van der Waals surface area contributed by atoms with Crippen LogP contribution in [0.1, 0.15) is 22.6 Å². The van der Waals surface area contributed by atoms with Crippen LogP contribution in [0.2, 0.25) is 0 Å². The first-order valence-corrected chi connectivity index (χ1v) is 8.11. The molecule has 1 aromatic heterocycles. The SMILES string of the molecule is COc1ccc(C2=CC(c3ccccc3)c3c([nH]c(=O)[nH]c3=O)O2)cc1. The Labute approximate surface area is 148 Å². The Bertz CT molecular complexity index is 1080. The summed E-state index contributed by atoms with van der Waals surface area (Å²) in [5, 5.41) is 0. The molecule has 6 heteroatoms. The number of nitrogens with one attached hydrogen (secondary N) is 2. The van der Waals surface area contributed by atoms with Gasteiger partial charge in [-0.05, 0) is 35.9 Å². The first kappa shape index (κ1) is 16.0. The van der Waals surface area contributed by atoms with Gasteiger partial charge in [0.15, 0.2) is 0 Å². The van der Waals surface area contributed by atoms with E-state index in [1.807, 2.05) is 60.7 Å². The number of ether oxygens (including phenoxy) is 2. The molecule has 1 unspecified atom stereocenters. The quantitative estimate of drug-likeness (QED) is 0.762. The van der Waals surface area contributed by atoms with E-state index in [0.717, 1.165) is 16.9 Å². The van der Waals surface area contributed by atoms with Gasteiger partial charge >= 0.3 is 5.69 Å². The largest absolute Gasteiger partial charge is 0.497 e. The third-order valence-corrected chi connectivity index (χ3v) is 4.32. The zero-order chi connectivity index (χ0) is 18.1. The standard InChI is InChI=1S/C20H16N2O4/c1-25-14-9-7-13(8-10-14)16-11-15(12-5-3-2-4-6-12)17-18(23)21-20(24)22-19(17)26-16/h2-11,15H,1H3,(H2,21,22,23,24). The molecule has 2 N–H and O–H groups in total. The Hall–Kier alpha value is -3.54. The Morgan fingerprint density at radius 1 is 0.962 bits per heavy atom. The summed E-state index contributed by atoms with van der Waals surface area (Å²) in [6, 6.07) is 17.0. The minimum Gasteiger partial charge on any atom is -0.497 e. The van der Waals surface area contributed by atoms with E-state index in [0.29, 0.717) is 11.3 Å². The van der Waals surface area contributed by atoms with Crippen LogP contribution >= 0.6 is 0 Å². The zero-order valence-corrected chi connectivity index (χ0v) is 14.0. The van der Waals surface area contributed by atoms with Crippen LogP contribution in [0.3, 0.4) is 0 Å². The van der Waals surface area contributed by atoms with Crippen molar-refractivity contribution in [3.05, 3.63) is 98.2 Å². The molecule has 0 saturated heterocycles. The van der Waals surface area contributed by atoms with Crippen molar-refractivity contribution < 1.29 is 9.47 Å². The van der Waals surface area contributed by atoms with Crippen molar-refractivity contribution in [1.82, 2.24) is 9.97 Å². The molecule has 2 aromatic carbocycles. The molecule has 6 nitrogen and oxygen atoms in total. The first-order chi connectivity index (χ1) is 12.7. The lowest BCUT2D eigenvalue weighted by atomic mass is 9.89. The Balaban J connectivity index is 1.88. The van der Waals surface area contributed by atoms with Crippen LogP contribution in [0.15, 0.2) is 70.3 Å². The van der Waals surface area contributed by atoms with Crippen LogP contribution in [0.4, 0.5) is 0 Å². The molecule has 0 radical (unpaired) electrons. The topological polar surface area (TPSA) is 84.2 Å². The number of benzene rings is 2. The van der Waals surface area contributed by atoms with Gasteiger partial charge in [0.2, 0.25) is 5.88 Å². The maximum Gasteiger partial charge on any atom is 0.328 e. The lowest BCUT2D eigenvalue weighted by molar-refractivity contribution is 0.414. The van der Waals surface area contributed by atoms with Crippen LogP contribution in [-0.2, 0) is 0 Å². The van der Waals surface area contributed by atoms with Crippen molar-refractivity contribution in [3.63, 3.8) is 0 Å². The minimum absolute atomic E-state index is 0.168. The summed E-state index contributed by atoms with van der Waals surface area (Å²) in [5.41, 5.74) is 1.08. The molecule has 2 heterocycles. The van der Waals surface area contributed by atoms with Crippen molar-refractivity contribution in [1.29, 1.82) is 0 Å². The third-order valence-electron chi connectivity index (χ3n) is 4.32. The summed E-state index contributed by atoms with van der Waals surface area (Å²) in [4.78, 5) is 29.0. The van der Waals surface area contributed by atoms with E-state index in [4.69, 9.17) is 9.47 Å². The number of fused-ring (bicyclic) bond motifs is 1. The predicted molar refractivity (Wildman–Crippen MR) is 97.6 cm³/mol. The number of allylic oxidation sites excluding steroid dienone is 1. The summed E-state index contributed by atoms with van der Waals surface area (Å²) in [7, 11) is 1.60. The van der Waals surface area contributed by atoms with Gasteiger partial charge in [-0.2, -0.15) is 0 Å². The van der Waals surface area contributed by atoms with Gasteiger partial charge in [0.1, 0.15) is 11.5 Å². The zero-order valence-electron chi connectivity index (χ0n) is 14.0. The summed E-state index contributed by atoms with van der Waals surface area (Å²) in [5.74, 6) is 1.13. The monoisotopic (exact) mass is 348 g/mol. The number of H-pyrrole nitrogens is 2. The maximum atomic E-state index is 12.4. The Kier molecular flexibility index (Phi) is 3.93.